The molecule has 1 N–H and O–H groups in total. The van der Waals surface area contributed by atoms with Crippen LogP contribution in [0.2, 0.25) is 0 Å². The number of carbonyl (C=O) groups is 2. The summed E-state index contributed by atoms with van der Waals surface area (Å²) in [6, 6.07) is 5.67. The van der Waals surface area contributed by atoms with Crippen LogP contribution in [0.25, 0.3) is 0 Å². The van der Waals surface area contributed by atoms with Crippen LogP contribution in [0.3, 0.4) is 0 Å². The molecular weight excluding hydrogens is 323 g/mol. The SMILES string of the molecule is CC.Cc1ccc2c(c1)CCN(CC(=O)Nc1ncc(F)cn1)C2=O. The number of nitrogens with zero attached hydrogens (tertiary/aromatic N) is 3. The second-order valence-electron chi connectivity index (χ2n) is 5.41. The fourth-order valence-corrected chi connectivity index (χ4v) is 2.53. The highest BCUT2D eigenvalue weighted by atomic mass is 19.1. The Balaban J connectivity index is 0.00000109. The average molecular weight is 344 g/mol. The third-order valence-corrected chi connectivity index (χ3v) is 3.64. The highest BCUT2D eigenvalue weighted by Gasteiger charge is 2.25. The number of rotatable bonds is 3. The summed E-state index contributed by atoms with van der Waals surface area (Å²) in [5.74, 6) is -1.15. The molecule has 2 amide bonds. The second-order valence-corrected chi connectivity index (χ2v) is 5.41. The molecule has 132 valence electrons. The zero-order chi connectivity index (χ0) is 18.4. The van der Waals surface area contributed by atoms with Crippen LogP contribution in [0.5, 0.6) is 0 Å². The summed E-state index contributed by atoms with van der Waals surface area (Å²) in [7, 11) is 0. The molecule has 6 nitrogen and oxygen atoms in total. The van der Waals surface area contributed by atoms with Crippen molar-refractivity contribution < 1.29 is 14.0 Å². The van der Waals surface area contributed by atoms with E-state index in [-0.39, 0.29) is 18.4 Å². The van der Waals surface area contributed by atoms with Crippen LogP contribution in [0.15, 0.2) is 30.6 Å². The van der Waals surface area contributed by atoms with Crippen LogP contribution in [0, 0.1) is 12.7 Å². The molecule has 0 spiro atoms. The van der Waals surface area contributed by atoms with E-state index in [2.05, 4.69) is 15.3 Å². The van der Waals surface area contributed by atoms with Crippen molar-refractivity contribution in [2.45, 2.75) is 27.2 Å². The molecule has 1 aromatic carbocycles. The standard InChI is InChI=1S/C16H15FN4O2.C2H6/c1-10-2-3-13-11(6-10)4-5-21(15(13)23)9-14(22)20-16-18-7-12(17)8-19-16;1-2/h2-3,6-8H,4-5,9H2,1H3,(H,18,19,20,22);1-2H3. The number of halogens is 1. The zero-order valence-electron chi connectivity index (χ0n) is 14.5. The molecule has 0 atom stereocenters. The number of hydrogen-bond acceptors (Lipinski definition) is 4. The lowest BCUT2D eigenvalue weighted by Crippen LogP contribution is -2.42. The molecule has 0 radical (unpaired) electrons. The Morgan fingerprint density at radius 1 is 1.28 bits per heavy atom. The number of aryl methyl sites for hydroxylation is 1. The van der Waals surface area contributed by atoms with Crippen molar-refractivity contribution in [3.05, 3.63) is 53.1 Å². The molecule has 0 unspecified atom stereocenters. The van der Waals surface area contributed by atoms with E-state index in [1.165, 1.54) is 4.90 Å². The first-order chi connectivity index (χ1) is 12.0. The Kier molecular flexibility index (Phi) is 6.16. The maximum absolute atomic E-state index is 12.7. The molecule has 25 heavy (non-hydrogen) atoms. The predicted molar refractivity (Wildman–Crippen MR) is 92.8 cm³/mol. The van der Waals surface area contributed by atoms with Crippen molar-refractivity contribution in [2.24, 2.45) is 0 Å². The number of fused-ring (bicyclic) bond motifs is 1. The Labute approximate surface area is 146 Å². The molecule has 3 rings (SSSR count). The molecule has 0 fully saturated rings. The fraction of sp³-hybridized carbons (Fsp3) is 0.333. The normalized spacial score (nSPS) is 12.8. The molecule has 2 aromatic rings. The molecular formula is C18H21FN4O2. The van der Waals surface area contributed by atoms with Crippen LogP contribution in [0.4, 0.5) is 10.3 Å². The molecule has 0 saturated heterocycles. The summed E-state index contributed by atoms with van der Waals surface area (Å²) < 4.78 is 12.7. The fourth-order valence-electron chi connectivity index (χ4n) is 2.53. The Morgan fingerprint density at radius 2 is 1.96 bits per heavy atom. The minimum absolute atomic E-state index is 0.0110. The van der Waals surface area contributed by atoms with Crippen LogP contribution in [-0.2, 0) is 11.2 Å². The third kappa shape index (κ3) is 4.59. The average Bonchev–Trinajstić information content (AvgIpc) is 2.61. The lowest BCUT2D eigenvalue weighted by atomic mass is 9.97. The van der Waals surface area contributed by atoms with Crippen LogP contribution in [-0.4, -0.2) is 39.8 Å². The van der Waals surface area contributed by atoms with Gasteiger partial charge in [-0.1, -0.05) is 31.5 Å². The van der Waals surface area contributed by atoms with Gasteiger partial charge in [0.15, 0.2) is 5.82 Å². The van der Waals surface area contributed by atoms with Gasteiger partial charge in [0, 0.05) is 12.1 Å². The number of aromatic nitrogens is 2. The van der Waals surface area contributed by atoms with E-state index in [4.69, 9.17) is 0 Å². The summed E-state index contributed by atoms with van der Waals surface area (Å²) in [6.45, 7) is 6.37. The molecule has 7 heteroatoms. The molecule has 1 aliphatic rings. The number of nitrogens with one attached hydrogen (secondary N) is 1. The quantitative estimate of drug-likeness (QED) is 0.929. The Hall–Kier alpha value is -2.83. The van der Waals surface area contributed by atoms with Crippen molar-refractivity contribution in [1.29, 1.82) is 0 Å². The molecule has 0 aliphatic carbocycles. The lowest BCUT2D eigenvalue weighted by Gasteiger charge is -2.28. The maximum Gasteiger partial charge on any atom is 0.254 e. The van der Waals surface area contributed by atoms with E-state index in [0.717, 1.165) is 23.5 Å². The van der Waals surface area contributed by atoms with Gasteiger partial charge < -0.3 is 4.90 Å². The smallest absolute Gasteiger partial charge is 0.254 e. The van der Waals surface area contributed by atoms with E-state index < -0.39 is 11.7 Å². The molecule has 1 aliphatic heterocycles. The first-order valence-electron chi connectivity index (χ1n) is 8.19. The first kappa shape index (κ1) is 18.5. The minimum Gasteiger partial charge on any atom is -0.329 e. The van der Waals surface area contributed by atoms with E-state index in [0.29, 0.717) is 18.5 Å². The Bertz CT molecular complexity index is 762. The van der Waals surface area contributed by atoms with Gasteiger partial charge in [0.05, 0.1) is 12.4 Å². The molecule has 2 heterocycles. The number of amides is 2. The van der Waals surface area contributed by atoms with Crippen molar-refractivity contribution in [1.82, 2.24) is 14.9 Å². The van der Waals surface area contributed by atoms with Gasteiger partial charge in [0.25, 0.3) is 5.91 Å². The highest BCUT2D eigenvalue weighted by Crippen LogP contribution is 2.20. The predicted octanol–water partition coefficient (Wildman–Crippen LogP) is 2.59. The summed E-state index contributed by atoms with van der Waals surface area (Å²) >= 11 is 0. The van der Waals surface area contributed by atoms with E-state index in [1.807, 2.05) is 32.9 Å². The van der Waals surface area contributed by atoms with Gasteiger partial charge in [-0.05, 0) is 25.0 Å². The van der Waals surface area contributed by atoms with Gasteiger partial charge in [-0.15, -0.1) is 0 Å². The molecule has 0 bridgehead atoms. The van der Waals surface area contributed by atoms with E-state index >= 15 is 0 Å². The van der Waals surface area contributed by atoms with Crippen molar-refractivity contribution in [2.75, 3.05) is 18.4 Å². The van der Waals surface area contributed by atoms with E-state index in [1.54, 1.807) is 6.07 Å². The van der Waals surface area contributed by atoms with Gasteiger partial charge in [-0.25, -0.2) is 14.4 Å². The minimum atomic E-state index is -0.582. The largest absolute Gasteiger partial charge is 0.329 e. The Morgan fingerprint density at radius 3 is 2.64 bits per heavy atom. The summed E-state index contributed by atoms with van der Waals surface area (Å²) in [4.78, 5) is 33.2. The number of benzene rings is 1. The van der Waals surface area contributed by atoms with Gasteiger partial charge in [-0.3, -0.25) is 14.9 Å². The second kappa shape index (κ2) is 8.32. The maximum atomic E-state index is 12.7. The summed E-state index contributed by atoms with van der Waals surface area (Å²) in [5, 5.41) is 2.45. The van der Waals surface area contributed by atoms with Crippen molar-refractivity contribution in [3.8, 4) is 0 Å². The van der Waals surface area contributed by atoms with Gasteiger partial charge >= 0.3 is 0 Å². The molecule has 0 saturated carbocycles. The van der Waals surface area contributed by atoms with Crippen LogP contribution < -0.4 is 5.32 Å². The van der Waals surface area contributed by atoms with Crippen LogP contribution in [0.1, 0.15) is 35.3 Å². The highest BCUT2D eigenvalue weighted by molar-refractivity contribution is 6.00. The van der Waals surface area contributed by atoms with Crippen molar-refractivity contribution in [3.63, 3.8) is 0 Å². The molecule has 1 aromatic heterocycles. The van der Waals surface area contributed by atoms with E-state index in [9.17, 15) is 14.0 Å². The third-order valence-electron chi connectivity index (χ3n) is 3.64. The number of hydrogen-bond donors (Lipinski definition) is 1. The van der Waals surface area contributed by atoms with Gasteiger partial charge in [0.1, 0.15) is 6.54 Å². The van der Waals surface area contributed by atoms with Gasteiger partial charge in [-0.2, -0.15) is 0 Å². The topological polar surface area (TPSA) is 75.2 Å². The first-order valence-corrected chi connectivity index (χ1v) is 8.19. The summed E-state index contributed by atoms with van der Waals surface area (Å²) in [6.07, 6.45) is 2.64. The van der Waals surface area contributed by atoms with Gasteiger partial charge in [0.2, 0.25) is 11.9 Å². The van der Waals surface area contributed by atoms with Crippen LogP contribution >= 0.6 is 0 Å². The van der Waals surface area contributed by atoms with Crippen molar-refractivity contribution >= 4 is 17.8 Å². The monoisotopic (exact) mass is 344 g/mol. The lowest BCUT2D eigenvalue weighted by molar-refractivity contribution is -0.117. The summed E-state index contributed by atoms with van der Waals surface area (Å²) in [5.41, 5.74) is 2.75. The number of carbonyl (C=O) groups excluding carboxylic acids is 2. The number of anilines is 1. The zero-order valence-corrected chi connectivity index (χ0v) is 14.5.